The molecular formula is C12H17FN2O2S. The van der Waals surface area contributed by atoms with Gasteiger partial charge in [0.1, 0.15) is 12.4 Å². The molecule has 0 aliphatic heterocycles. The largest absolute Gasteiger partial charge is 0.593 e. The highest BCUT2D eigenvalue weighted by Gasteiger charge is 2.13. The third kappa shape index (κ3) is 4.30. The molecule has 100 valence electrons. The Morgan fingerprint density at radius 3 is 2.50 bits per heavy atom. The van der Waals surface area contributed by atoms with E-state index in [9.17, 15) is 8.94 Å². The minimum Gasteiger partial charge on any atom is -0.593 e. The fourth-order valence-electron chi connectivity index (χ4n) is 1.17. The molecule has 0 aliphatic carbocycles. The highest BCUT2D eigenvalue weighted by Crippen LogP contribution is 2.18. The summed E-state index contributed by atoms with van der Waals surface area (Å²) >= 11 is -1.17. The van der Waals surface area contributed by atoms with Gasteiger partial charge in [0, 0.05) is 26.2 Å². The van der Waals surface area contributed by atoms with E-state index in [1.54, 1.807) is 42.7 Å². The van der Waals surface area contributed by atoms with Gasteiger partial charge in [-0.2, -0.15) is 0 Å². The van der Waals surface area contributed by atoms with Gasteiger partial charge in [0.05, 0.1) is 17.7 Å². The van der Waals surface area contributed by atoms with Crippen LogP contribution in [0.4, 0.5) is 4.39 Å². The van der Waals surface area contributed by atoms with Crippen LogP contribution in [-0.4, -0.2) is 36.1 Å². The van der Waals surface area contributed by atoms with Crippen LogP contribution in [0.2, 0.25) is 0 Å². The van der Waals surface area contributed by atoms with Crippen molar-refractivity contribution in [1.82, 2.24) is 4.31 Å². The molecule has 18 heavy (non-hydrogen) atoms. The van der Waals surface area contributed by atoms with Crippen LogP contribution in [0.25, 0.3) is 0 Å². The normalized spacial score (nSPS) is 13.8. The van der Waals surface area contributed by atoms with E-state index in [0.717, 1.165) is 0 Å². The van der Waals surface area contributed by atoms with E-state index in [1.165, 1.54) is 0 Å². The molecule has 0 heterocycles. The Balaban J connectivity index is 2.61. The van der Waals surface area contributed by atoms with Gasteiger partial charge in [-0.1, -0.05) is 0 Å². The Morgan fingerprint density at radius 2 is 2.06 bits per heavy atom. The Labute approximate surface area is 110 Å². The number of hydrogen-bond acceptors (Lipinski definition) is 4. The van der Waals surface area contributed by atoms with Crippen LogP contribution in [0.15, 0.2) is 41.1 Å². The van der Waals surface area contributed by atoms with Crippen molar-refractivity contribution in [2.45, 2.75) is 4.90 Å². The number of hydrogen-bond donors (Lipinski definition) is 1. The van der Waals surface area contributed by atoms with E-state index >= 15 is 0 Å². The van der Waals surface area contributed by atoms with E-state index < -0.39 is 11.4 Å². The van der Waals surface area contributed by atoms with Gasteiger partial charge in [-0.25, -0.2) is 4.39 Å². The molecule has 1 aromatic carbocycles. The fraction of sp³-hybridized carbons (Fsp3) is 0.333. The maximum Gasteiger partial charge on any atom is 0.174 e. The zero-order chi connectivity index (χ0) is 13.5. The van der Waals surface area contributed by atoms with Crippen LogP contribution in [0.1, 0.15) is 0 Å². The molecule has 1 atom stereocenters. The number of ether oxygens (including phenoxy) is 1. The molecule has 6 heteroatoms. The Morgan fingerprint density at radius 1 is 1.44 bits per heavy atom. The van der Waals surface area contributed by atoms with E-state index in [2.05, 4.69) is 0 Å². The van der Waals surface area contributed by atoms with Crippen molar-refractivity contribution in [2.24, 2.45) is 5.73 Å². The Hall–Kier alpha value is -1.08. The van der Waals surface area contributed by atoms with Crippen molar-refractivity contribution in [2.75, 3.05) is 27.2 Å². The second-order valence-corrected chi connectivity index (χ2v) is 5.49. The first kappa shape index (κ1) is 15.0. The summed E-state index contributed by atoms with van der Waals surface area (Å²) in [6.07, 6.45) is 0.454. The van der Waals surface area contributed by atoms with Gasteiger partial charge < -0.3 is 15.0 Å². The number of nitrogens with two attached hydrogens (primary N) is 1. The van der Waals surface area contributed by atoms with E-state index in [0.29, 0.717) is 22.5 Å². The minimum absolute atomic E-state index is 0.114. The lowest BCUT2D eigenvalue weighted by Gasteiger charge is -2.15. The van der Waals surface area contributed by atoms with Gasteiger partial charge in [-0.15, -0.1) is 4.31 Å². The third-order valence-electron chi connectivity index (χ3n) is 2.20. The molecule has 4 nitrogen and oxygen atoms in total. The first-order valence-corrected chi connectivity index (χ1v) is 6.49. The molecule has 1 rings (SSSR count). The van der Waals surface area contributed by atoms with Crippen molar-refractivity contribution >= 4 is 11.4 Å². The summed E-state index contributed by atoms with van der Waals surface area (Å²) in [5.41, 5.74) is 5.70. The van der Waals surface area contributed by atoms with Crippen molar-refractivity contribution in [3.05, 3.63) is 36.2 Å². The second-order valence-electron chi connectivity index (χ2n) is 3.79. The quantitative estimate of drug-likeness (QED) is 0.796. The first-order valence-electron chi connectivity index (χ1n) is 5.38. The molecule has 0 bridgehead atoms. The number of benzene rings is 1. The molecule has 1 unspecified atom stereocenters. The average molecular weight is 272 g/mol. The monoisotopic (exact) mass is 272 g/mol. The van der Waals surface area contributed by atoms with Crippen molar-refractivity contribution in [3.63, 3.8) is 0 Å². The standard InChI is InChI=1S/C12H17FN2O2S/c1-15(2)18(16)12-5-3-11(4-6-12)17-9-10(7-13)8-14/h3-7H,8-9,14H2,1-2H3/b10-7+. The van der Waals surface area contributed by atoms with Crippen LogP contribution in [0.5, 0.6) is 5.75 Å². The summed E-state index contributed by atoms with van der Waals surface area (Å²) in [5.74, 6) is 0.585. The molecule has 0 radical (unpaired) electrons. The predicted molar refractivity (Wildman–Crippen MR) is 70.3 cm³/mol. The van der Waals surface area contributed by atoms with E-state index in [4.69, 9.17) is 10.5 Å². The molecule has 0 fully saturated rings. The summed E-state index contributed by atoms with van der Waals surface area (Å²) in [6, 6.07) is 6.83. The van der Waals surface area contributed by atoms with Gasteiger partial charge >= 0.3 is 0 Å². The molecule has 1 aromatic rings. The third-order valence-corrected chi connectivity index (χ3v) is 3.54. The van der Waals surface area contributed by atoms with Crippen LogP contribution in [0.3, 0.4) is 0 Å². The van der Waals surface area contributed by atoms with Crippen molar-refractivity contribution in [1.29, 1.82) is 0 Å². The van der Waals surface area contributed by atoms with Crippen LogP contribution >= 0.6 is 0 Å². The molecule has 0 amide bonds. The zero-order valence-electron chi connectivity index (χ0n) is 10.4. The Bertz CT molecular complexity index is 396. The topological polar surface area (TPSA) is 61.5 Å². The lowest BCUT2D eigenvalue weighted by molar-refractivity contribution is 0.347. The highest BCUT2D eigenvalue weighted by molar-refractivity contribution is 7.89. The molecule has 0 aromatic heterocycles. The van der Waals surface area contributed by atoms with Crippen LogP contribution in [-0.2, 0) is 11.4 Å². The summed E-state index contributed by atoms with van der Waals surface area (Å²) < 4.78 is 30.9. The SMILES string of the molecule is CN(C)[S+]([O-])c1ccc(OC/C(=C/F)CN)cc1. The zero-order valence-corrected chi connectivity index (χ0v) is 11.2. The molecule has 0 saturated carbocycles. The first-order chi connectivity index (χ1) is 8.58. The number of halogens is 1. The lowest BCUT2D eigenvalue weighted by Crippen LogP contribution is -2.22. The van der Waals surface area contributed by atoms with Gasteiger partial charge in [0.15, 0.2) is 4.90 Å². The fourth-order valence-corrected chi connectivity index (χ4v) is 1.96. The highest BCUT2D eigenvalue weighted by atomic mass is 32.2. The Kier molecular flexibility index (Phi) is 6.14. The summed E-state index contributed by atoms with van der Waals surface area (Å²) in [5, 5.41) is 0. The van der Waals surface area contributed by atoms with Crippen molar-refractivity contribution in [3.8, 4) is 5.75 Å². The van der Waals surface area contributed by atoms with Gasteiger partial charge in [-0.3, -0.25) is 0 Å². The van der Waals surface area contributed by atoms with Gasteiger partial charge in [0.2, 0.25) is 0 Å². The summed E-state index contributed by atoms with van der Waals surface area (Å²) in [7, 11) is 3.47. The molecule has 0 saturated heterocycles. The van der Waals surface area contributed by atoms with Crippen molar-refractivity contribution < 1.29 is 13.7 Å². The van der Waals surface area contributed by atoms with Crippen LogP contribution in [0, 0.1) is 0 Å². The van der Waals surface area contributed by atoms with Gasteiger partial charge in [-0.05, 0) is 24.3 Å². The summed E-state index contributed by atoms with van der Waals surface area (Å²) in [4.78, 5) is 0.687. The molecule has 2 N–H and O–H groups in total. The van der Waals surface area contributed by atoms with Crippen LogP contribution < -0.4 is 10.5 Å². The molecular weight excluding hydrogens is 255 g/mol. The number of nitrogens with zero attached hydrogens (tertiary/aromatic N) is 1. The summed E-state index contributed by atoms with van der Waals surface area (Å²) in [6.45, 7) is 0.238. The minimum atomic E-state index is -1.17. The second kappa shape index (κ2) is 7.38. The smallest absolute Gasteiger partial charge is 0.174 e. The number of rotatable bonds is 6. The molecule has 0 spiro atoms. The van der Waals surface area contributed by atoms with E-state index in [-0.39, 0.29) is 13.2 Å². The predicted octanol–water partition coefficient (Wildman–Crippen LogP) is 1.46. The van der Waals surface area contributed by atoms with E-state index in [1.807, 2.05) is 0 Å². The molecule has 0 aliphatic rings. The average Bonchev–Trinajstić information content (AvgIpc) is 2.39. The van der Waals surface area contributed by atoms with Gasteiger partial charge in [0.25, 0.3) is 0 Å². The maximum atomic E-state index is 12.3. The lowest BCUT2D eigenvalue weighted by atomic mass is 10.3. The maximum absolute atomic E-state index is 12.3.